The Morgan fingerprint density at radius 1 is 1.58 bits per heavy atom. The summed E-state index contributed by atoms with van der Waals surface area (Å²) < 4.78 is 0. The van der Waals surface area contributed by atoms with Crippen LogP contribution < -0.4 is 4.90 Å². The number of anilines is 1. The molecule has 0 amide bonds. The zero-order valence-corrected chi connectivity index (χ0v) is 11.9. The molecule has 0 aliphatic carbocycles. The minimum atomic E-state index is -1.01. The van der Waals surface area contributed by atoms with E-state index in [-0.39, 0.29) is 5.56 Å². The molecule has 6 heteroatoms. The van der Waals surface area contributed by atoms with Crippen LogP contribution in [0.15, 0.2) is 12.3 Å². The number of pyridine rings is 1. The molecule has 1 unspecified atom stereocenters. The van der Waals surface area contributed by atoms with Gasteiger partial charge in [-0.2, -0.15) is 0 Å². The Bertz CT molecular complexity index is 481. The number of aromatic nitrogens is 1. The number of nitrogens with zero attached hydrogens (tertiary/aromatic N) is 3. The lowest BCUT2D eigenvalue weighted by molar-refractivity contribution is 0.0696. The number of carboxylic acids is 1. The molecule has 0 spiro atoms. The topological polar surface area (TPSA) is 56.7 Å². The van der Waals surface area contributed by atoms with Gasteiger partial charge in [-0.05, 0) is 19.5 Å². The Balaban J connectivity index is 2.20. The molecule has 1 aromatic heterocycles. The monoisotopic (exact) mass is 283 g/mol. The second kappa shape index (κ2) is 5.75. The lowest BCUT2D eigenvalue weighted by Gasteiger charge is -2.40. The lowest BCUT2D eigenvalue weighted by atomic mass is 10.1. The zero-order chi connectivity index (χ0) is 14.0. The predicted octanol–water partition coefficient (Wildman–Crippen LogP) is 1.96. The molecule has 104 valence electrons. The van der Waals surface area contributed by atoms with E-state index in [1.54, 1.807) is 0 Å². The van der Waals surface area contributed by atoms with Crippen molar-refractivity contribution < 1.29 is 9.90 Å². The maximum Gasteiger partial charge on any atom is 0.337 e. The maximum absolute atomic E-state index is 10.9. The minimum absolute atomic E-state index is 0.120. The second-order valence-electron chi connectivity index (χ2n) is 4.82. The van der Waals surface area contributed by atoms with Crippen LogP contribution in [0.1, 0.15) is 23.7 Å². The molecule has 19 heavy (non-hydrogen) atoms. The van der Waals surface area contributed by atoms with Crippen molar-refractivity contribution in [3.05, 3.63) is 22.8 Å². The van der Waals surface area contributed by atoms with Crippen molar-refractivity contribution in [3.63, 3.8) is 0 Å². The maximum atomic E-state index is 10.9. The molecule has 2 rings (SSSR count). The Labute approximate surface area is 117 Å². The summed E-state index contributed by atoms with van der Waals surface area (Å²) in [5.74, 6) is -0.330. The van der Waals surface area contributed by atoms with Crippen LogP contribution in [-0.4, -0.2) is 53.7 Å². The third-order valence-electron chi connectivity index (χ3n) is 3.62. The summed E-state index contributed by atoms with van der Waals surface area (Å²) in [7, 11) is 2.12. The Hall–Kier alpha value is -1.33. The molecule has 0 radical (unpaired) electrons. The summed E-state index contributed by atoms with van der Waals surface area (Å²) in [6, 6.07) is 1.94. The van der Waals surface area contributed by atoms with Crippen molar-refractivity contribution in [2.75, 3.05) is 31.6 Å². The number of likely N-dealkylation sites (N-methyl/N-ethyl adjacent to an activating group) is 1. The molecule has 0 aromatic carbocycles. The fourth-order valence-corrected chi connectivity index (χ4v) is 2.65. The number of halogens is 1. The molecule has 0 bridgehead atoms. The fourth-order valence-electron chi connectivity index (χ4n) is 2.36. The van der Waals surface area contributed by atoms with E-state index >= 15 is 0 Å². The van der Waals surface area contributed by atoms with E-state index in [1.165, 1.54) is 12.3 Å². The third-order valence-corrected chi connectivity index (χ3v) is 3.89. The van der Waals surface area contributed by atoms with E-state index in [4.69, 9.17) is 16.7 Å². The first kappa shape index (κ1) is 14.1. The predicted molar refractivity (Wildman–Crippen MR) is 75.1 cm³/mol. The average molecular weight is 284 g/mol. The van der Waals surface area contributed by atoms with Crippen molar-refractivity contribution in [2.45, 2.75) is 19.4 Å². The largest absolute Gasteiger partial charge is 0.478 e. The molecule has 1 aliphatic heterocycles. The van der Waals surface area contributed by atoms with E-state index in [2.05, 4.69) is 28.8 Å². The minimum Gasteiger partial charge on any atom is -0.478 e. The van der Waals surface area contributed by atoms with Gasteiger partial charge in [0.2, 0.25) is 0 Å². The highest BCUT2D eigenvalue weighted by Gasteiger charge is 2.25. The van der Waals surface area contributed by atoms with Gasteiger partial charge >= 0.3 is 5.97 Å². The van der Waals surface area contributed by atoms with Crippen molar-refractivity contribution in [2.24, 2.45) is 0 Å². The van der Waals surface area contributed by atoms with Crippen molar-refractivity contribution in [1.29, 1.82) is 0 Å². The molecule has 0 saturated carbocycles. The number of aromatic carboxylic acids is 1. The van der Waals surface area contributed by atoms with Crippen LogP contribution >= 0.6 is 11.6 Å². The molecule has 2 heterocycles. The Morgan fingerprint density at radius 2 is 2.32 bits per heavy atom. The van der Waals surface area contributed by atoms with Gasteiger partial charge < -0.3 is 10.0 Å². The molecular weight excluding hydrogens is 266 g/mol. The SMILES string of the molecule is CCC1CN(c2ncc(C(=O)O)cc2Cl)CCN1C. The summed E-state index contributed by atoms with van der Waals surface area (Å²) in [5, 5.41) is 9.31. The van der Waals surface area contributed by atoms with Crippen LogP contribution in [0.5, 0.6) is 0 Å². The smallest absolute Gasteiger partial charge is 0.337 e. The summed E-state index contributed by atoms with van der Waals surface area (Å²) in [5.41, 5.74) is 0.120. The molecule has 1 saturated heterocycles. The number of hydrogen-bond donors (Lipinski definition) is 1. The van der Waals surface area contributed by atoms with Gasteiger partial charge in [0.25, 0.3) is 0 Å². The van der Waals surface area contributed by atoms with E-state index in [1.807, 2.05) is 0 Å². The molecule has 1 N–H and O–H groups in total. The summed E-state index contributed by atoms with van der Waals surface area (Å²) in [6.07, 6.45) is 2.43. The molecular formula is C13H18ClN3O2. The van der Waals surface area contributed by atoms with E-state index in [0.717, 1.165) is 26.1 Å². The van der Waals surface area contributed by atoms with E-state index < -0.39 is 5.97 Å². The normalized spacial score (nSPS) is 20.6. The molecule has 1 atom stereocenters. The molecule has 5 nitrogen and oxygen atoms in total. The number of carbonyl (C=O) groups is 1. The van der Waals surface area contributed by atoms with Crippen LogP contribution in [0.25, 0.3) is 0 Å². The molecule has 1 aliphatic rings. The highest BCUT2D eigenvalue weighted by molar-refractivity contribution is 6.33. The summed E-state index contributed by atoms with van der Waals surface area (Å²) in [4.78, 5) is 19.5. The standard InChI is InChI=1S/C13H18ClN3O2/c1-3-10-8-17(5-4-16(10)2)12-11(14)6-9(7-15-12)13(18)19/h6-7,10H,3-5,8H2,1-2H3,(H,18,19). The average Bonchev–Trinajstić information content (AvgIpc) is 2.39. The summed E-state index contributed by atoms with van der Waals surface area (Å²) >= 11 is 6.15. The number of piperazine rings is 1. The fraction of sp³-hybridized carbons (Fsp3) is 0.538. The van der Waals surface area contributed by atoms with Crippen molar-refractivity contribution >= 4 is 23.4 Å². The van der Waals surface area contributed by atoms with Crippen LogP contribution in [0, 0.1) is 0 Å². The molecule has 1 fully saturated rings. The van der Waals surface area contributed by atoms with E-state index in [0.29, 0.717) is 16.9 Å². The quantitative estimate of drug-likeness (QED) is 0.919. The molecule has 1 aromatic rings. The first-order chi connectivity index (χ1) is 9.02. The van der Waals surface area contributed by atoms with Crippen LogP contribution in [0.2, 0.25) is 5.02 Å². The van der Waals surface area contributed by atoms with Crippen LogP contribution in [-0.2, 0) is 0 Å². The van der Waals surface area contributed by atoms with Crippen LogP contribution in [0.3, 0.4) is 0 Å². The Kier molecular flexibility index (Phi) is 4.27. The third kappa shape index (κ3) is 2.98. The van der Waals surface area contributed by atoms with Gasteiger partial charge in [0.1, 0.15) is 5.82 Å². The lowest BCUT2D eigenvalue weighted by Crippen LogP contribution is -2.51. The first-order valence-corrected chi connectivity index (χ1v) is 6.74. The van der Waals surface area contributed by atoms with Gasteiger partial charge in [-0.1, -0.05) is 18.5 Å². The van der Waals surface area contributed by atoms with E-state index in [9.17, 15) is 4.79 Å². The summed E-state index contributed by atoms with van der Waals surface area (Å²) in [6.45, 7) is 4.84. The van der Waals surface area contributed by atoms with Gasteiger partial charge in [-0.25, -0.2) is 9.78 Å². The Morgan fingerprint density at radius 3 is 2.89 bits per heavy atom. The van der Waals surface area contributed by atoms with Gasteiger partial charge in [0, 0.05) is 31.9 Å². The zero-order valence-electron chi connectivity index (χ0n) is 11.1. The number of hydrogen-bond acceptors (Lipinski definition) is 4. The van der Waals surface area contributed by atoms with Gasteiger partial charge in [0.05, 0.1) is 10.6 Å². The van der Waals surface area contributed by atoms with Crippen molar-refractivity contribution in [3.8, 4) is 0 Å². The number of carboxylic acid groups (broad SMARTS) is 1. The van der Waals surface area contributed by atoms with Gasteiger partial charge in [-0.3, -0.25) is 4.90 Å². The van der Waals surface area contributed by atoms with Crippen LogP contribution in [0.4, 0.5) is 5.82 Å². The van der Waals surface area contributed by atoms with Gasteiger partial charge in [0.15, 0.2) is 0 Å². The van der Waals surface area contributed by atoms with Gasteiger partial charge in [-0.15, -0.1) is 0 Å². The second-order valence-corrected chi connectivity index (χ2v) is 5.23. The first-order valence-electron chi connectivity index (χ1n) is 6.37. The van der Waals surface area contributed by atoms with Crippen molar-refractivity contribution in [1.82, 2.24) is 9.88 Å². The highest BCUT2D eigenvalue weighted by Crippen LogP contribution is 2.26. The highest BCUT2D eigenvalue weighted by atomic mass is 35.5. The number of rotatable bonds is 3.